The van der Waals surface area contributed by atoms with Crippen LogP contribution in [0.4, 0.5) is 5.95 Å². The molecule has 1 N–H and O–H groups in total. The highest BCUT2D eigenvalue weighted by Crippen LogP contribution is 2.36. The van der Waals surface area contributed by atoms with Gasteiger partial charge in [0.1, 0.15) is 17.4 Å². The van der Waals surface area contributed by atoms with Gasteiger partial charge in [0, 0.05) is 56.5 Å². The molecular formula is C29H34N6O4. The second-order valence-corrected chi connectivity index (χ2v) is 10.2. The normalized spacial score (nSPS) is 18.4. The third kappa shape index (κ3) is 5.79. The Hall–Kier alpha value is -4.21. The van der Waals surface area contributed by atoms with Crippen LogP contribution in [0.5, 0.6) is 5.75 Å². The van der Waals surface area contributed by atoms with Crippen molar-refractivity contribution in [1.82, 2.24) is 24.3 Å². The fourth-order valence-electron chi connectivity index (χ4n) is 5.45. The first kappa shape index (κ1) is 26.4. The second kappa shape index (κ2) is 11.7. The van der Waals surface area contributed by atoms with Gasteiger partial charge in [0.25, 0.3) is 5.91 Å². The van der Waals surface area contributed by atoms with Crippen LogP contribution in [-0.2, 0) is 9.59 Å². The fraction of sp³-hybridized carbons (Fsp3) is 0.414. The zero-order chi connectivity index (χ0) is 27.4. The number of fused-ring (bicyclic) bond motifs is 1. The minimum atomic E-state index is -0.284. The van der Waals surface area contributed by atoms with Gasteiger partial charge in [0.15, 0.2) is 0 Å². The van der Waals surface area contributed by atoms with E-state index in [0.29, 0.717) is 49.0 Å². The number of piperidine rings is 1. The topological polar surface area (TPSA) is 110 Å². The predicted octanol–water partition coefficient (Wildman–Crippen LogP) is 3.73. The summed E-state index contributed by atoms with van der Waals surface area (Å²) >= 11 is 0. The Morgan fingerprint density at radius 3 is 2.69 bits per heavy atom. The van der Waals surface area contributed by atoms with E-state index in [1.807, 2.05) is 34.6 Å². The van der Waals surface area contributed by atoms with Gasteiger partial charge in [-0.25, -0.2) is 4.98 Å². The number of amides is 3. The third-order valence-electron chi connectivity index (χ3n) is 7.47. The molecular weight excluding hydrogens is 496 g/mol. The third-order valence-corrected chi connectivity index (χ3v) is 7.47. The molecule has 0 aliphatic carbocycles. The molecule has 39 heavy (non-hydrogen) atoms. The van der Waals surface area contributed by atoms with Gasteiger partial charge in [-0.2, -0.15) is 0 Å². The monoisotopic (exact) mass is 530 g/mol. The van der Waals surface area contributed by atoms with Crippen LogP contribution in [0.15, 0.2) is 49.2 Å². The molecule has 10 nitrogen and oxygen atoms in total. The fourth-order valence-corrected chi connectivity index (χ4v) is 5.45. The molecule has 0 bridgehead atoms. The molecule has 2 fully saturated rings. The zero-order valence-electron chi connectivity index (χ0n) is 22.2. The standard InChI is InChI=1S/C29H34N6O4/c1-3-26(37)34-14-5-4-7-22(18-34)35-27-24(31-29(35)32-28(38)21-10-13-30-20(2)17-21)8-6-9-25(27)39-23-11-15-33(19-36)16-12-23/h3,6,8-10,13,17,19,22-23H,1,4-5,7,11-12,14-16,18H2,2H3,(H,31,32,38). The smallest absolute Gasteiger partial charge is 0.258 e. The SMILES string of the molecule is C=CC(=O)N1CCCCC(n2c(NC(=O)c3ccnc(C)c3)nc3cccc(OC4CCN(C=O)CC4)c32)C1. The summed E-state index contributed by atoms with van der Waals surface area (Å²) in [5, 5.41) is 3.02. The van der Waals surface area contributed by atoms with Crippen LogP contribution in [-0.4, -0.2) is 74.8 Å². The van der Waals surface area contributed by atoms with Gasteiger partial charge in [-0.15, -0.1) is 0 Å². The van der Waals surface area contributed by atoms with Crippen LogP contribution >= 0.6 is 0 Å². The number of benzene rings is 1. The quantitative estimate of drug-likeness (QED) is 0.368. The van der Waals surface area contributed by atoms with Crippen molar-refractivity contribution < 1.29 is 19.1 Å². The second-order valence-electron chi connectivity index (χ2n) is 10.2. The molecule has 10 heteroatoms. The summed E-state index contributed by atoms with van der Waals surface area (Å²) in [4.78, 5) is 49.7. The number of likely N-dealkylation sites (tertiary alicyclic amines) is 2. The van der Waals surface area contributed by atoms with Crippen molar-refractivity contribution in [2.45, 2.75) is 51.2 Å². The summed E-state index contributed by atoms with van der Waals surface area (Å²) < 4.78 is 8.55. The minimum Gasteiger partial charge on any atom is -0.488 e. The van der Waals surface area contributed by atoms with Crippen molar-refractivity contribution in [2.75, 3.05) is 31.5 Å². The molecule has 3 amide bonds. The number of hydrogen-bond donors (Lipinski definition) is 1. The van der Waals surface area contributed by atoms with Crippen LogP contribution in [0.1, 0.15) is 54.2 Å². The first-order valence-electron chi connectivity index (χ1n) is 13.5. The number of nitrogens with one attached hydrogen (secondary N) is 1. The van der Waals surface area contributed by atoms with Crippen molar-refractivity contribution in [2.24, 2.45) is 0 Å². The summed E-state index contributed by atoms with van der Waals surface area (Å²) in [6.07, 6.45) is 7.90. The van der Waals surface area contributed by atoms with Gasteiger partial charge in [-0.3, -0.25) is 24.7 Å². The van der Waals surface area contributed by atoms with Gasteiger partial charge < -0.3 is 19.1 Å². The molecule has 204 valence electrons. The molecule has 2 aliphatic heterocycles. The van der Waals surface area contributed by atoms with E-state index >= 15 is 0 Å². The van der Waals surface area contributed by atoms with E-state index in [4.69, 9.17) is 9.72 Å². The number of anilines is 1. The molecule has 5 rings (SSSR count). The lowest BCUT2D eigenvalue weighted by atomic mass is 10.1. The molecule has 0 saturated carbocycles. The Morgan fingerprint density at radius 2 is 1.95 bits per heavy atom. The number of aryl methyl sites for hydroxylation is 1. The Kier molecular flexibility index (Phi) is 7.90. The molecule has 1 unspecified atom stereocenters. The number of aromatic nitrogens is 3. The summed E-state index contributed by atoms with van der Waals surface area (Å²) in [6, 6.07) is 9.01. The van der Waals surface area contributed by atoms with E-state index < -0.39 is 0 Å². The number of carbonyl (C=O) groups excluding carboxylic acids is 3. The summed E-state index contributed by atoms with van der Waals surface area (Å²) in [5.74, 6) is 0.695. The molecule has 1 aromatic carbocycles. The van der Waals surface area contributed by atoms with Crippen molar-refractivity contribution in [3.05, 3.63) is 60.4 Å². The van der Waals surface area contributed by atoms with Crippen LogP contribution in [0.2, 0.25) is 0 Å². The van der Waals surface area contributed by atoms with Crippen LogP contribution in [0.3, 0.4) is 0 Å². The molecule has 2 aromatic heterocycles. The van der Waals surface area contributed by atoms with E-state index in [0.717, 1.165) is 49.7 Å². The predicted molar refractivity (Wildman–Crippen MR) is 148 cm³/mol. The maximum Gasteiger partial charge on any atom is 0.258 e. The van der Waals surface area contributed by atoms with Gasteiger partial charge in [-0.1, -0.05) is 12.6 Å². The zero-order valence-corrected chi connectivity index (χ0v) is 22.2. The maximum atomic E-state index is 13.3. The van der Waals surface area contributed by atoms with Crippen molar-refractivity contribution >= 4 is 35.2 Å². The molecule has 3 aromatic rings. The Bertz CT molecular complexity index is 1380. The average Bonchev–Trinajstić information content (AvgIpc) is 3.14. The van der Waals surface area contributed by atoms with Crippen molar-refractivity contribution in [3.8, 4) is 5.75 Å². The van der Waals surface area contributed by atoms with E-state index in [-0.39, 0.29) is 24.0 Å². The van der Waals surface area contributed by atoms with E-state index in [2.05, 4.69) is 16.9 Å². The number of pyridine rings is 1. The first-order chi connectivity index (χ1) is 19.0. The largest absolute Gasteiger partial charge is 0.488 e. The number of rotatable bonds is 7. The molecule has 0 spiro atoms. The number of imidazole rings is 1. The Balaban J connectivity index is 1.55. The van der Waals surface area contributed by atoms with Gasteiger partial charge in [-0.05, 0) is 56.5 Å². The van der Waals surface area contributed by atoms with Gasteiger partial charge in [0.2, 0.25) is 18.3 Å². The van der Waals surface area contributed by atoms with E-state index in [1.54, 1.807) is 23.2 Å². The number of para-hydroxylation sites is 1. The van der Waals surface area contributed by atoms with Crippen molar-refractivity contribution in [3.63, 3.8) is 0 Å². The van der Waals surface area contributed by atoms with Crippen molar-refractivity contribution in [1.29, 1.82) is 0 Å². The molecule has 2 aliphatic rings. The van der Waals surface area contributed by atoms with E-state index in [9.17, 15) is 14.4 Å². The highest BCUT2D eigenvalue weighted by molar-refractivity contribution is 6.04. The Labute approximate surface area is 227 Å². The van der Waals surface area contributed by atoms with Crippen LogP contribution < -0.4 is 10.1 Å². The lowest BCUT2D eigenvalue weighted by Crippen LogP contribution is -2.37. The molecule has 0 radical (unpaired) electrons. The number of hydrogen-bond acceptors (Lipinski definition) is 6. The lowest BCUT2D eigenvalue weighted by molar-refractivity contribution is -0.126. The molecule has 2 saturated heterocycles. The maximum absolute atomic E-state index is 13.3. The van der Waals surface area contributed by atoms with Gasteiger partial charge in [0.05, 0.1) is 11.6 Å². The number of carbonyl (C=O) groups is 3. The summed E-state index contributed by atoms with van der Waals surface area (Å²) in [5.41, 5.74) is 2.72. The number of ether oxygens (including phenoxy) is 1. The highest BCUT2D eigenvalue weighted by Gasteiger charge is 2.29. The molecule has 4 heterocycles. The summed E-state index contributed by atoms with van der Waals surface area (Å²) in [6.45, 7) is 7.94. The Morgan fingerprint density at radius 1 is 1.13 bits per heavy atom. The minimum absolute atomic E-state index is 0.0408. The lowest BCUT2D eigenvalue weighted by Gasteiger charge is -2.30. The van der Waals surface area contributed by atoms with Crippen LogP contribution in [0, 0.1) is 6.92 Å². The average molecular weight is 531 g/mol. The van der Waals surface area contributed by atoms with Crippen LogP contribution in [0.25, 0.3) is 11.0 Å². The molecule has 1 atom stereocenters. The van der Waals surface area contributed by atoms with Gasteiger partial charge >= 0.3 is 0 Å². The summed E-state index contributed by atoms with van der Waals surface area (Å²) in [7, 11) is 0. The number of nitrogens with zero attached hydrogens (tertiary/aromatic N) is 5. The van der Waals surface area contributed by atoms with E-state index in [1.165, 1.54) is 6.08 Å². The highest BCUT2D eigenvalue weighted by atomic mass is 16.5. The first-order valence-corrected chi connectivity index (χ1v) is 13.5.